The summed E-state index contributed by atoms with van der Waals surface area (Å²) in [5.74, 6) is -2.69. The Bertz CT molecular complexity index is 509. The molecule has 0 saturated heterocycles. The standard InChI is InChI=1S/C15H19NO5/c1-2-3-10(14(18)19)6-9-13(17)16-12-7-4-11(5-8-12)15(20)21/h4-5,7-8,10H,2-3,6,9H2,1H3,(H,16,17)(H,18,19)(H,20,21)/t10-/m1/s1. The molecule has 1 aromatic rings. The van der Waals surface area contributed by atoms with Crippen molar-refractivity contribution >= 4 is 23.5 Å². The summed E-state index contributed by atoms with van der Waals surface area (Å²) in [6.07, 6.45) is 1.73. The fourth-order valence-corrected chi connectivity index (χ4v) is 1.96. The largest absolute Gasteiger partial charge is 0.481 e. The second kappa shape index (κ2) is 8.04. The van der Waals surface area contributed by atoms with Gasteiger partial charge < -0.3 is 15.5 Å². The molecule has 21 heavy (non-hydrogen) atoms. The molecule has 0 heterocycles. The normalized spacial score (nSPS) is 11.7. The molecule has 6 nitrogen and oxygen atoms in total. The van der Waals surface area contributed by atoms with Gasteiger partial charge in [0.15, 0.2) is 0 Å². The smallest absolute Gasteiger partial charge is 0.335 e. The number of hydrogen-bond acceptors (Lipinski definition) is 3. The number of carbonyl (C=O) groups excluding carboxylic acids is 1. The van der Waals surface area contributed by atoms with E-state index in [0.717, 1.165) is 6.42 Å². The highest BCUT2D eigenvalue weighted by Gasteiger charge is 2.17. The van der Waals surface area contributed by atoms with Crippen molar-refractivity contribution in [3.63, 3.8) is 0 Å². The first-order valence-corrected chi connectivity index (χ1v) is 6.80. The van der Waals surface area contributed by atoms with E-state index < -0.39 is 17.9 Å². The van der Waals surface area contributed by atoms with Crippen LogP contribution < -0.4 is 5.32 Å². The van der Waals surface area contributed by atoms with Gasteiger partial charge in [-0.1, -0.05) is 13.3 Å². The molecule has 114 valence electrons. The predicted molar refractivity (Wildman–Crippen MR) is 77.3 cm³/mol. The number of rotatable bonds is 8. The van der Waals surface area contributed by atoms with Gasteiger partial charge in [-0.25, -0.2) is 4.79 Å². The average Bonchev–Trinajstić information content (AvgIpc) is 2.43. The second-order valence-electron chi connectivity index (χ2n) is 4.79. The van der Waals surface area contributed by atoms with Gasteiger partial charge in [-0.15, -0.1) is 0 Å². The van der Waals surface area contributed by atoms with Crippen molar-refractivity contribution in [3.05, 3.63) is 29.8 Å². The Morgan fingerprint density at radius 1 is 1.10 bits per heavy atom. The highest BCUT2D eigenvalue weighted by atomic mass is 16.4. The van der Waals surface area contributed by atoms with E-state index in [2.05, 4.69) is 5.32 Å². The molecule has 0 saturated carbocycles. The van der Waals surface area contributed by atoms with Gasteiger partial charge in [0, 0.05) is 12.1 Å². The van der Waals surface area contributed by atoms with Gasteiger partial charge in [0.2, 0.25) is 5.91 Å². The summed E-state index contributed by atoms with van der Waals surface area (Å²) in [6, 6.07) is 5.80. The number of carboxylic acids is 2. The van der Waals surface area contributed by atoms with Crippen LogP contribution in [0.4, 0.5) is 5.69 Å². The first kappa shape index (κ1) is 16.7. The van der Waals surface area contributed by atoms with Crippen LogP contribution in [0.1, 0.15) is 43.0 Å². The Morgan fingerprint density at radius 2 is 1.71 bits per heavy atom. The van der Waals surface area contributed by atoms with Crippen molar-refractivity contribution in [2.75, 3.05) is 5.32 Å². The molecule has 3 N–H and O–H groups in total. The van der Waals surface area contributed by atoms with Crippen LogP contribution in [0.5, 0.6) is 0 Å². The Kier molecular flexibility index (Phi) is 6.39. The number of benzene rings is 1. The van der Waals surface area contributed by atoms with E-state index >= 15 is 0 Å². The molecule has 0 aliphatic rings. The van der Waals surface area contributed by atoms with Crippen LogP contribution in [0.2, 0.25) is 0 Å². The molecule has 0 bridgehead atoms. The first-order chi connectivity index (χ1) is 9.93. The predicted octanol–water partition coefficient (Wildman–Crippen LogP) is 2.60. The maximum atomic E-state index is 11.7. The van der Waals surface area contributed by atoms with Crippen molar-refractivity contribution in [2.24, 2.45) is 5.92 Å². The van der Waals surface area contributed by atoms with E-state index in [-0.39, 0.29) is 17.9 Å². The summed E-state index contributed by atoms with van der Waals surface area (Å²) < 4.78 is 0. The van der Waals surface area contributed by atoms with E-state index in [1.165, 1.54) is 24.3 Å². The van der Waals surface area contributed by atoms with Gasteiger partial charge >= 0.3 is 11.9 Å². The van der Waals surface area contributed by atoms with Crippen molar-refractivity contribution < 1.29 is 24.6 Å². The summed E-state index contributed by atoms with van der Waals surface area (Å²) in [4.78, 5) is 33.4. The number of aliphatic carboxylic acids is 1. The van der Waals surface area contributed by atoms with E-state index in [0.29, 0.717) is 18.5 Å². The lowest BCUT2D eigenvalue weighted by Gasteiger charge is -2.11. The van der Waals surface area contributed by atoms with Gasteiger partial charge in [-0.05, 0) is 37.1 Å². The topological polar surface area (TPSA) is 104 Å². The van der Waals surface area contributed by atoms with Crippen LogP contribution in [-0.2, 0) is 9.59 Å². The van der Waals surface area contributed by atoms with Gasteiger partial charge in [-0.2, -0.15) is 0 Å². The fourth-order valence-electron chi connectivity index (χ4n) is 1.96. The zero-order valence-corrected chi connectivity index (χ0v) is 11.8. The van der Waals surface area contributed by atoms with Crippen LogP contribution in [0.25, 0.3) is 0 Å². The van der Waals surface area contributed by atoms with Gasteiger partial charge in [0.1, 0.15) is 0 Å². The van der Waals surface area contributed by atoms with Crippen LogP contribution in [0.3, 0.4) is 0 Å². The molecule has 0 aromatic heterocycles. The minimum absolute atomic E-state index is 0.123. The fraction of sp³-hybridized carbons (Fsp3) is 0.400. The number of nitrogens with one attached hydrogen (secondary N) is 1. The number of hydrogen-bond donors (Lipinski definition) is 3. The second-order valence-corrected chi connectivity index (χ2v) is 4.79. The molecule has 0 spiro atoms. The third kappa shape index (κ3) is 5.64. The molecule has 0 fully saturated rings. The van der Waals surface area contributed by atoms with Crippen molar-refractivity contribution in [2.45, 2.75) is 32.6 Å². The van der Waals surface area contributed by atoms with Crippen LogP contribution in [0.15, 0.2) is 24.3 Å². The summed E-state index contributed by atoms with van der Waals surface area (Å²) in [5, 5.41) is 20.4. The van der Waals surface area contributed by atoms with E-state index in [1.54, 1.807) is 0 Å². The SMILES string of the molecule is CCC[C@H](CCC(=O)Nc1ccc(C(=O)O)cc1)C(=O)O. The Labute approximate surface area is 122 Å². The molecule has 1 atom stereocenters. The van der Waals surface area contributed by atoms with Crippen molar-refractivity contribution in [1.82, 2.24) is 0 Å². The zero-order chi connectivity index (χ0) is 15.8. The summed E-state index contributed by atoms with van der Waals surface area (Å²) >= 11 is 0. The number of carbonyl (C=O) groups is 3. The highest BCUT2D eigenvalue weighted by molar-refractivity contribution is 5.92. The Balaban J connectivity index is 2.49. The summed E-state index contributed by atoms with van der Waals surface area (Å²) in [6.45, 7) is 1.90. The summed E-state index contributed by atoms with van der Waals surface area (Å²) in [7, 11) is 0. The molecular weight excluding hydrogens is 274 g/mol. The van der Waals surface area contributed by atoms with Crippen LogP contribution >= 0.6 is 0 Å². The Hall–Kier alpha value is -2.37. The lowest BCUT2D eigenvalue weighted by atomic mass is 9.98. The van der Waals surface area contributed by atoms with E-state index in [1.807, 2.05) is 6.92 Å². The maximum Gasteiger partial charge on any atom is 0.335 e. The lowest BCUT2D eigenvalue weighted by molar-refractivity contribution is -0.142. The quantitative estimate of drug-likeness (QED) is 0.683. The number of anilines is 1. The van der Waals surface area contributed by atoms with Crippen molar-refractivity contribution in [1.29, 1.82) is 0 Å². The third-order valence-corrected chi connectivity index (χ3v) is 3.12. The van der Waals surface area contributed by atoms with Gasteiger partial charge in [0.25, 0.3) is 0 Å². The van der Waals surface area contributed by atoms with Crippen LogP contribution in [-0.4, -0.2) is 28.1 Å². The molecule has 0 radical (unpaired) electrons. The molecule has 6 heteroatoms. The number of carboxylic acid groups (broad SMARTS) is 2. The molecule has 1 amide bonds. The zero-order valence-electron chi connectivity index (χ0n) is 11.8. The monoisotopic (exact) mass is 293 g/mol. The molecule has 0 aliphatic heterocycles. The summed E-state index contributed by atoms with van der Waals surface area (Å²) in [5.41, 5.74) is 0.634. The molecule has 0 aliphatic carbocycles. The first-order valence-electron chi connectivity index (χ1n) is 6.80. The Morgan fingerprint density at radius 3 is 2.19 bits per heavy atom. The van der Waals surface area contributed by atoms with E-state index in [9.17, 15) is 14.4 Å². The number of aromatic carboxylic acids is 1. The molecular formula is C15H19NO5. The maximum absolute atomic E-state index is 11.7. The minimum atomic E-state index is -1.03. The van der Waals surface area contributed by atoms with Gasteiger partial charge in [0.05, 0.1) is 11.5 Å². The highest BCUT2D eigenvalue weighted by Crippen LogP contribution is 2.15. The number of amides is 1. The van der Waals surface area contributed by atoms with Gasteiger partial charge in [-0.3, -0.25) is 9.59 Å². The molecule has 1 aromatic carbocycles. The lowest BCUT2D eigenvalue weighted by Crippen LogP contribution is -2.18. The molecule has 0 unspecified atom stereocenters. The van der Waals surface area contributed by atoms with Crippen LogP contribution in [0, 0.1) is 5.92 Å². The van der Waals surface area contributed by atoms with E-state index in [4.69, 9.17) is 10.2 Å². The average molecular weight is 293 g/mol. The molecule has 1 rings (SSSR count). The minimum Gasteiger partial charge on any atom is -0.481 e. The third-order valence-electron chi connectivity index (χ3n) is 3.12. The van der Waals surface area contributed by atoms with Crippen molar-refractivity contribution in [3.8, 4) is 0 Å².